The number of amides is 1. The quantitative estimate of drug-likeness (QED) is 0.770. The molecule has 18 heavy (non-hydrogen) atoms. The predicted octanol–water partition coefficient (Wildman–Crippen LogP) is 3.08. The van der Waals surface area contributed by atoms with E-state index in [1.165, 1.54) is 0 Å². The van der Waals surface area contributed by atoms with Crippen molar-refractivity contribution in [1.29, 1.82) is 0 Å². The van der Waals surface area contributed by atoms with Crippen LogP contribution in [0.25, 0.3) is 0 Å². The van der Waals surface area contributed by atoms with Crippen LogP contribution in [0, 0.1) is 9.49 Å². The number of hydrogen-bond acceptors (Lipinski definition) is 2. The fourth-order valence-corrected chi connectivity index (χ4v) is 2.44. The van der Waals surface area contributed by atoms with Crippen LogP contribution in [0.4, 0.5) is 0 Å². The first-order chi connectivity index (χ1) is 8.43. The highest BCUT2D eigenvalue weighted by Gasteiger charge is 2.16. The molecular formula is C13H17ClINO2. The summed E-state index contributed by atoms with van der Waals surface area (Å²) in [6, 6.07) is 4.97. The van der Waals surface area contributed by atoms with Gasteiger partial charge in [0, 0.05) is 8.59 Å². The minimum absolute atomic E-state index is 0.0545. The minimum Gasteiger partial charge on any atom is -0.394 e. The molecule has 100 valence electrons. The van der Waals surface area contributed by atoms with E-state index in [0.29, 0.717) is 16.5 Å². The highest BCUT2D eigenvalue weighted by molar-refractivity contribution is 14.1. The number of carbonyl (C=O) groups excluding carboxylic acids is 1. The normalized spacial score (nSPS) is 12.6. The monoisotopic (exact) mass is 381 g/mol. The van der Waals surface area contributed by atoms with Crippen molar-refractivity contribution < 1.29 is 9.90 Å². The standard InChI is InChI=1S/C13H17ClINO2/c1-8(2)5-10(7-17)16-13(18)11-6-9(14)3-4-12(11)15/h3-4,6,8,10,17H,5,7H2,1-2H3,(H,16,18). The van der Waals surface area contributed by atoms with Crippen LogP contribution in [-0.2, 0) is 0 Å². The molecular weight excluding hydrogens is 365 g/mol. The van der Waals surface area contributed by atoms with Crippen LogP contribution in [-0.4, -0.2) is 23.7 Å². The Morgan fingerprint density at radius 1 is 1.50 bits per heavy atom. The maximum Gasteiger partial charge on any atom is 0.252 e. The Bertz CT molecular complexity index is 423. The Balaban J connectivity index is 2.77. The number of halogens is 2. The second-order valence-corrected chi connectivity index (χ2v) is 6.21. The van der Waals surface area contributed by atoms with E-state index in [1.807, 2.05) is 0 Å². The van der Waals surface area contributed by atoms with E-state index in [1.54, 1.807) is 18.2 Å². The first-order valence-electron chi connectivity index (χ1n) is 5.80. The third-order valence-corrected chi connectivity index (χ3v) is 3.66. The molecule has 0 bridgehead atoms. The highest BCUT2D eigenvalue weighted by Crippen LogP contribution is 2.18. The molecule has 1 unspecified atom stereocenters. The first-order valence-corrected chi connectivity index (χ1v) is 7.26. The van der Waals surface area contributed by atoms with Gasteiger partial charge in [-0.3, -0.25) is 4.79 Å². The Kier molecular flexibility index (Phi) is 6.38. The van der Waals surface area contributed by atoms with Crippen LogP contribution in [0.3, 0.4) is 0 Å². The molecule has 1 aromatic carbocycles. The van der Waals surface area contributed by atoms with E-state index >= 15 is 0 Å². The van der Waals surface area contributed by atoms with Gasteiger partial charge in [-0.05, 0) is 53.1 Å². The van der Waals surface area contributed by atoms with Gasteiger partial charge in [-0.15, -0.1) is 0 Å². The van der Waals surface area contributed by atoms with Gasteiger partial charge in [-0.25, -0.2) is 0 Å². The van der Waals surface area contributed by atoms with Crippen LogP contribution in [0.5, 0.6) is 0 Å². The summed E-state index contributed by atoms with van der Waals surface area (Å²) in [5.74, 6) is 0.225. The molecule has 0 saturated heterocycles. The van der Waals surface area contributed by atoms with Crippen molar-refractivity contribution >= 4 is 40.1 Å². The Morgan fingerprint density at radius 3 is 2.72 bits per heavy atom. The molecule has 0 radical (unpaired) electrons. The Labute approximate surface area is 126 Å². The largest absolute Gasteiger partial charge is 0.394 e. The molecule has 0 aromatic heterocycles. The van der Waals surface area contributed by atoms with Crippen molar-refractivity contribution in [1.82, 2.24) is 5.32 Å². The fraction of sp³-hybridized carbons (Fsp3) is 0.462. The van der Waals surface area contributed by atoms with Crippen molar-refractivity contribution in [3.8, 4) is 0 Å². The van der Waals surface area contributed by atoms with Crippen LogP contribution in [0.2, 0.25) is 5.02 Å². The molecule has 0 fully saturated rings. The van der Waals surface area contributed by atoms with Gasteiger partial charge < -0.3 is 10.4 Å². The predicted molar refractivity (Wildman–Crippen MR) is 82.0 cm³/mol. The van der Waals surface area contributed by atoms with E-state index in [2.05, 4.69) is 41.8 Å². The molecule has 0 saturated carbocycles. The molecule has 1 aromatic rings. The van der Waals surface area contributed by atoms with Crippen molar-refractivity contribution in [3.05, 3.63) is 32.4 Å². The second kappa shape index (κ2) is 7.31. The summed E-state index contributed by atoms with van der Waals surface area (Å²) in [6.45, 7) is 4.05. The maximum atomic E-state index is 12.1. The average Bonchev–Trinajstić information content (AvgIpc) is 2.30. The number of carbonyl (C=O) groups is 1. The van der Waals surface area contributed by atoms with Gasteiger partial charge in [0.05, 0.1) is 18.2 Å². The Morgan fingerprint density at radius 2 is 2.17 bits per heavy atom. The van der Waals surface area contributed by atoms with Crippen molar-refractivity contribution in [2.75, 3.05) is 6.61 Å². The number of hydrogen-bond donors (Lipinski definition) is 2. The Hall–Kier alpha value is -0.330. The molecule has 0 spiro atoms. The number of aliphatic hydroxyl groups is 1. The zero-order valence-corrected chi connectivity index (χ0v) is 13.3. The first kappa shape index (κ1) is 15.7. The second-order valence-electron chi connectivity index (χ2n) is 4.61. The third-order valence-electron chi connectivity index (χ3n) is 2.48. The zero-order valence-electron chi connectivity index (χ0n) is 10.4. The van der Waals surface area contributed by atoms with Crippen LogP contribution >= 0.6 is 34.2 Å². The summed E-state index contributed by atoms with van der Waals surface area (Å²) in [7, 11) is 0. The number of rotatable bonds is 5. The van der Waals surface area contributed by atoms with E-state index in [-0.39, 0.29) is 18.6 Å². The average molecular weight is 382 g/mol. The topological polar surface area (TPSA) is 49.3 Å². The van der Waals surface area contributed by atoms with E-state index in [9.17, 15) is 9.90 Å². The highest BCUT2D eigenvalue weighted by atomic mass is 127. The third kappa shape index (κ3) is 4.74. The molecule has 0 aliphatic heterocycles. The lowest BCUT2D eigenvalue weighted by Gasteiger charge is -2.18. The molecule has 1 rings (SSSR count). The molecule has 3 nitrogen and oxygen atoms in total. The molecule has 0 aliphatic rings. The van der Waals surface area contributed by atoms with Gasteiger partial charge in [-0.1, -0.05) is 25.4 Å². The van der Waals surface area contributed by atoms with Crippen LogP contribution < -0.4 is 5.32 Å². The summed E-state index contributed by atoms with van der Waals surface area (Å²) in [5.41, 5.74) is 0.547. The smallest absolute Gasteiger partial charge is 0.252 e. The summed E-state index contributed by atoms with van der Waals surface area (Å²) in [6.07, 6.45) is 0.749. The number of aliphatic hydroxyl groups excluding tert-OH is 1. The summed E-state index contributed by atoms with van der Waals surface area (Å²) in [4.78, 5) is 12.1. The maximum absolute atomic E-state index is 12.1. The van der Waals surface area contributed by atoms with Gasteiger partial charge in [0.1, 0.15) is 0 Å². The van der Waals surface area contributed by atoms with Crippen molar-refractivity contribution in [2.24, 2.45) is 5.92 Å². The molecule has 1 atom stereocenters. The van der Waals surface area contributed by atoms with Gasteiger partial charge in [-0.2, -0.15) is 0 Å². The summed E-state index contributed by atoms with van der Waals surface area (Å²) < 4.78 is 0.843. The lowest BCUT2D eigenvalue weighted by atomic mass is 10.0. The van der Waals surface area contributed by atoms with E-state index in [4.69, 9.17) is 11.6 Å². The molecule has 0 heterocycles. The van der Waals surface area contributed by atoms with Gasteiger partial charge in [0.2, 0.25) is 0 Å². The molecule has 0 aliphatic carbocycles. The number of nitrogens with one attached hydrogen (secondary N) is 1. The van der Waals surface area contributed by atoms with Crippen molar-refractivity contribution in [3.63, 3.8) is 0 Å². The summed E-state index contributed by atoms with van der Waals surface area (Å²) >= 11 is 7.98. The zero-order chi connectivity index (χ0) is 13.7. The fourth-order valence-electron chi connectivity index (χ4n) is 1.68. The van der Waals surface area contributed by atoms with Crippen molar-refractivity contribution in [2.45, 2.75) is 26.3 Å². The lowest BCUT2D eigenvalue weighted by molar-refractivity contribution is 0.0907. The van der Waals surface area contributed by atoms with Gasteiger partial charge in [0.25, 0.3) is 5.91 Å². The number of benzene rings is 1. The van der Waals surface area contributed by atoms with Gasteiger partial charge in [0.15, 0.2) is 0 Å². The van der Waals surface area contributed by atoms with E-state index in [0.717, 1.165) is 9.99 Å². The molecule has 2 N–H and O–H groups in total. The molecule has 1 amide bonds. The van der Waals surface area contributed by atoms with Gasteiger partial charge >= 0.3 is 0 Å². The SMILES string of the molecule is CC(C)CC(CO)NC(=O)c1cc(Cl)ccc1I. The molecule has 5 heteroatoms. The van der Waals surface area contributed by atoms with Crippen LogP contribution in [0.15, 0.2) is 18.2 Å². The van der Waals surface area contributed by atoms with E-state index < -0.39 is 0 Å². The lowest BCUT2D eigenvalue weighted by Crippen LogP contribution is -2.38. The minimum atomic E-state index is -0.215. The van der Waals surface area contributed by atoms with Crippen LogP contribution in [0.1, 0.15) is 30.6 Å². The summed E-state index contributed by atoms with van der Waals surface area (Å²) in [5, 5.41) is 12.6.